The highest BCUT2D eigenvalue weighted by molar-refractivity contribution is 7.89. The summed E-state index contributed by atoms with van der Waals surface area (Å²) in [6.07, 6.45) is 1.55. The first kappa shape index (κ1) is 20.2. The number of hydrogen-bond acceptors (Lipinski definition) is 4. The second-order valence-corrected chi connectivity index (χ2v) is 7.87. The molecule has 0 fully saturated rings. The molecule has 0 radical (unpaired) electrons. The smallest absolute Gasteiger partial charge is 0.274 e. The molecular formula is C19H28N3O3S+. The van der Waals surface area contributed by atoms with Crippen molar-refractivity contribution in [2.24, 2.45) is 0 Å². The van der Waals surface area contributed by atoms with Gasteiger partial charge in [0.25, 0.3) is 5.82 Å². The van der Waals surface area contributed by atoms with Crippen LogP contribution in [0.3, 0.4) is 0 Å². The van der Waals surface area contributed by atoms with Crippen molar-refractivity contribution in [1.29, 1.82) is 0 Å². The zero-order chi connectivity index (χ0) is 19.2. The fourth-order valence-corrected chi connectivity index (χ4v) is 4.16. The topological polar surface area (TPSA) is 64.0 Å². The molecule has 2 aromatic rings. The summed E-state index contributed by atoms with van der Waals surface area (Å²) < 4.78 is 32.0. The van der Waals surface area contributed by atoms with Crippen molar-refractivity contribution in [2.75, 3.05) is 31.6 Å². The Labute approximate surface area is 156 Å². The minimum absolute atomic E-state index is 0.277. The third-order valence-electron chi connectivity index (χ3n) is 4.18. The summed E-state index contributed by atoms with van der Waals surface area (Å²) in [6.45, 7) is 7.90. The molecule has 0 atom stereocenters. The molecule has 0 unspecified atom stereocenters. The maximum absolute atomic E-state index is 12.5. The first-order valence-electron chi connectivity index (χ1n) is 8.87. The van der Waals surface area contributed by atoms with Gasteiger partial charge < -0.3 is 4.74 Å². The molecule has 26 heavy (non-hydrogen) atoms. The molecule has 1 heterocycles. The van der Waals surface area contributed by atoms with Gasteiger partial charge in [0, 0.05) is 19.2 Å². The maximum Gasteiger partial charge on any atom is 0.274 e. The zero-order valence-electron chi connectivity index (χ0n) is 15.9. The van der Waals surface area contributed by atoms with Gasteiger partial charge >= 0.3 is 0 Å². The van der Waals surface area contributed by atoms with E-state index in [2.05, 4.69) is 4.98 Å². The third-order valence-corrected chi connectivity index (χ3v) is 6.22. The van der Waals surface area contributed by atoms with Crippen LogP contribution in [0, 0.1) is 0 Å². The van der Waals surface area contributed by atoms with Gasteiger partial charge in [-0.3, -0.25) is 4.90 Å². The number of aromatic amines is 1. The van der Waals surface area contributed by atoms with E-state index in [1.54, 1.807) is 18.3 Å². The Morgan fingerprint density at radius 1 is 1.00 bits per heavy atom. The normalized spacial score (nSPS) is 11.6. The van der Waals surface area contributed by atoms with E-state index in [0.29, 0.717) is 26.2 Å². The second-order valence-electron chi connectivity index (χ2n) is 5.93. The summed E-state index contributed by atoms with van der Waals surface area (Å²) >= 11 is 0. The molecule has 2 rings (SSSR count). The largest absolute Gasteiger partial charge is 0.494 e. The Morgan fingerprint density at radius 2 is 1.65 bits per heavy atom. The number of nitrogens with one attached hydrogen (secondary N) is 1. The summed E-state index contributed by atoms with van der Waals surface area (Å²) in [7, 11) is -1.48. The highest BCUT2D eigenvalue weighted by Crippen LogP contribution is 2.18. The molecule has 7 heteroatoms. The quantitative estimate of drug-likeness (QED) is 0.673. The van der Waals surface area contributed by atoms with E-state index in [4.69, 9.17) is 4.74 Å². The van der Waals surface area contributed by atoms with Gasteiger partial charge in [-0.05, 0) is 30.7 Å². The molecule has 0 bridgehead atoms. The monoisotopic (exact) mass is 378 g/mol. The van der Waals surface area contributed by atoms with Crippen molar-refractivity contribution in [2.45, 2.75) is 32.2 Å². The second kappa shape index (κ2) is 9.00. The fourth-order valence-electron chi connectivity index (χ4n) is 2.73. The van der Waals surface area contributed by atoms with Gasteiger partial charge in [-0.15, -0.1) is 0 Å². The molecule has 6 nitrogen and oxygen atoms in total. The average molecular weight is 379 g/mol. The van der Waals surface area contributed by atoms with Crippen LogP contribution < -0.4 is 14.6 Å². The number of nitrogens with zero attached hydrogens (tertiary/aromatic N) is 2. The van der Waals surface area contributed by atoms with E-state index in [1.807, 2.05) is 57.0 Å². The van der Waals surface area contributed by atoms with E-state index in [-0.39, 0.29) is 4.90 Å². The number of sulfonamides is 1. The lowest BCUT2D eigenvalue weighted by Crippen LogP contribution is -2.32. The van der Waals surface area contributed by atoms with Crippen LogP contribution in [0.5, 0.6) is 5.75 Å². The Kier molecular flexibility index (Phi) is 6.99. The van der Waals surface area contributed by atoms with E-state index >= 15 is 0 Å². The number of H-pyrrole nitrogens is 1. The van der Waals surface area contributed by atoms with Gasteiger partial charge in [-0.25, -0.2) is 13.4 Å². The van der Waals surface area contributed by atoms with Gasteiger partial charge in [-0.2, -0.15) is 4.31 Å². The Bertz CT molecular complexity index is 786. The van der Waals surface area contributed by atoms with Crippen molar-refractivity contribution in [3.05, 3.63) is 48.2 Å². The van der Waals surface area contributed by atoms with E-state index in [1.165, 1.54) is 4.31 Å². The molecule has 0 spiro atoms. The lowest BCUT2D eigenvalue weighted by molar-refractivity contribution is -0.367. The van der Waals surface area contributed by atoms with Crippen molar-refractivity contribution in [3.8, 4) is 5.75 Å². The Hall–Kier alpha value is -2.12. The maximum atomic E-state index is 12.5. The minimum Gasteiger partial charge on any atom is -0.494 e. The number of aromatic nitrogens is 1. The Morgan fingerprint density at radius 3 is 2.15 bits per heavy atom. The van der Waals surface area contributed by atoms with E-state index in [9.17, 15) is 8.42 Å². The molecule has 0 saturated carbocycles. The van der Waals surface area contributed by atoms with Crippen LogP contribution in [0.15, 0.2) is 47.5 Å². The predicted molar refractivity (Wildman–Crippen MR) is 103 cm³/mol. The summed E-state index contributed by atoms with van der Waals surface area (Å²) in [5.74, 6) is 1.70. The summed E-state index contributed by atoms with van der Waals surface area (Å²) in [6, 6.07) is 11.4. The molecule has 1 aromatic heterocycles. The highest BCUT2D eigenvalue weighted by atomic mass is 32.2. The standard InChI is InChI=1S/C19H27N3O3S/c1-5-22(6-2)26(23,24)18-12-13-19(20-14-18)21(4)15-16-8-10-17(11-9-16)25-7-3/h8-14H,5-7,15H2,1-4H3/p+1. The van der Waals surface area contributed by atoms with Crippen LogP contribution in [0.25, 0.3) is 0 Å². The highest BCUT2D eigenvalue weighted by Gasteiger charge is 2.23. The number of pyridine rings is 1. The zero-order valence-corrected chi connectivity index (χ0v) is 16.7. The molecule has 0 aliphatic rings. The number of benzene rings is 1. The molecular weight excluding hydrogens is 350 g/mol. The first-order valence-corrected chi connectivity index (χ1v) is 10.3. The number of ether oxygens (including phenoxy) is 1. The number of hydrogen-bond donors (Lipinski definition) is 0. The van der Waals surface area contributed by atoms with Crippen molar-refractivity contribution in [1.82, 2.24) is 4.31 Å². The minimum atomic E-state index is -3.44. The van der Waals surface area contributed by atoms with Gasteiger partial charge in [0.2, 0.25) is 10.0 Å². The number of rotatable bonds is 9. The summed E-state index contributed by atoms with van der Waals surface area (Å²) in [5.41, 5.74) is 1.14. The molecule has 142 valence electrons. The van der Waals surface area contributed by atoms with Crippen LogP contribution >= 0.6 is 0 Å². The Balaban J connectivity index is 2.09. The summed E-state index contributed by atoms with van der Waals surface area (Å²) in [5, 5.41) is 0. The fraction of sp³-hybridized carbons (Fsp3) is 0.421. The molecule has 0 aliphatic heterocycles. The predicted octanol–water partition coefficient (Wildman–Crippen LogP) is 2.57. The first-order chi connectivity index (χ1) is 12.4. The van der Waals surface area contributed by atoms with Gasteiger partial charge in [0.05, 0.1) is 13.7 Å². The third kappa shape index (κ3) is 4.74. The van der Waals surface area contributed by atoms with Gasteiger partial charge in [0.1, 0.15) is 23.4 Å². The molecule has 0 amide bonds. The summed E-state index contributed by atoms with van der Waals surface area (Å²) in [4.78, 5) is 5.40. The average Bonchev–Trinajstić information content (AvgIpc) is 2.64. The van der Waals surface area contributed by atoms with Crippen molar-refractivity contribution >= 4 is 15.8 Å². The van der Waals surface area contributed by atoms with Crippen molar-refractivity contribution < 1.29 is 18.1 Å². The molecule has 1 aromatic carbocycles. The lowest BCUT2D eigenvalue weighted by Gasteiger charge is -2.18. The van der Waals surface area contributed by atoms with Crippen LogP contribution in [0.1, 0.15) is 26.3 Å². The van der Waals surface area contributed by atoms with Gasteiger partial charge in [0.15, 0.2) is 0 Å². The molecule has 0 saturated heterocycles. The number of anilines is 1. The van der Waals surface area contributed by atoms with Gasteiger partial charge in [-0.1, -0.05) is 26.0 Å². The van der Waals surface area contributed by atoms with Crippen LogP contribution in [0.4, 0.5) is 5.82 Å². The van der Waals surface area contributed by atoms with E-state index < -0.39 is 10.0 Å². The van der Waals surface area contributed by atoms with Crippen LogP contribution in [0.2, 0.25) is 0 Å². The van der Waals surface area contributed by atoms with Crippen LogP contribution in [-0.4, -0.2) is 39.5 Å². The lowest BCUT2D eigenvalue weighted by atomic mass is 10.2. The molecule has 0 aliphatic carbocycles. The van der Waals surface area contributed by atoms with Crippen molar-refractivity contribution in [3.63, 3.8) is 0 Å². The molecule has 1 N–H and O–H groups in total. The SMILES string of the molecule is CCOc1ccc(CN(C)c2ccc(S(=O)(=O)N(CC)CC)c[nH+]2)cc1. The van der Waals surface area contributed by atoms with Crippen LogP contribution in [-0.2, 0) is 16.6 Å². The van der Waals surface area contributed by atoms with E-state index in [0.717, 1.165) is 17.1 Å².